The van der Waals surface area contributed by atoms with Crippen molar-refractivity contribution in [3.8, 4) is 0 Å². The number of likely N-dealkylation sites (tertiary alicyclic amines) is 1. The summed E-state index contributed by atoms with van der Waals surface area (Å²) in [7, 11) is 0. The lowest BCUT2D eigenvalue weighted by Gasteiger charge is -2.40. The van der Waals surface area contributed by atoms with Crippen molar-refractivity contribution in [2.45, 2.75) is 89.4 Å². The van der Waals surface area contributed by atoms with Gasteiger partial charge in [-0.3, -0.25) is 4.90 Å². The third-order valence-corrected chi connectivity index (χ3v) is 5.74. The summed E-state index contributed by atoms with van der Waals surface area (Å²) in [5.74, 6) is 1.00. The molecule has 0 aromatic carbocycles. The van der Waals surface area contributed by atoms with Crippen LogP contribution in [0.15, 0.2) is 0 Å². The maximum Gasteiger partial charge on any atom is 0.00728 e. The van der Waals surface area contributed by atoms with E-state index < -0.39 is 0 Å². The van der Waals surface area contributed by atoms with Gasteiger partial charge in [0.25, 0.3) is 0 Å². The van der Waals surface area contributed by atoms with E-state index >= 15 is 0 Å². The molecule has 4 atom stereocenters. The quantitative estimate of drug-likeness (QED) is 0.827. The summed E-state index contributed by atoms with van der Waals surface area (Å²) in [5.41, 5.74) is 0. The Morgan fingerprint density at radius 2 is 1.56 bits per heavy atom. The van der Waals surface area contributed by atoms with Crippen LogP contribution in [0.4, 0.5) is 0 Å². The molecule has 0 amide bonds. The van der Waals surface area contributed by atoms with Crippen molar-refractivity contribution in [3.63, 3.8) is 0 Å². The van der Waals surface area contributed by atoms with Gasteiger partial charge in [0.05, 0.1) is 0 Å². The van der Waals surface area contributed by atoms with Gasteiger partial charge < -0.3 is 5.32 Å². The molecular formula is C16H30N2. The van der Waals surface area contributed by atoms with Gasteiger partial charge in [0.2, 0.25) is 0 Å². The smallest absolute Gasteiger partial charge is 0.00728 e. The van der Waals surface area contributed by atoms with E-state index in [1.807, 2.05) is 0 Å². The van der Waals surface area contributed by atoms with E-state index in [2.05, 4.69) is 24.1 Å². The second kappa shape index (κ2) is 5.50. The van der Waals surface area contributed by atoms with Crippen LogP contribution in [0.1, 0.15) is 65.2 Å². The van der Waals surface area contributed by atoms with Gasteiger partial charge in [-0.05, 0) is 71.3 Å². The molecule has 3 rings (SSSR count). The Kier molecular flexibility index (Phi) is 3.95. The zero-order chi connectivity index (χ0) is 12.5. The molecule has 3 saturated heterocycles. The second-order valence-corrected chi connectivity index (χ2v) is 7.13. The average Bonchev–Trinajstić information content (AvgIpc) is 2.68. The fraction of sp³-hybridized carbons (Fsp3) is 1.00. The zero-order valence-electron chi connectivity index (χ0n) is 12.2. The first-order valence-corrected chi connectivity index (χ1v) is 8.24. The normalized spacial score (nSPS) is 45.3. The van der Waals surface area contributed by atoms with Gasteiger partial charge in [-0.15, -0.1) is 0 Å². The summed E-state index contributed by atoms with van der Waals surface area (Å²) in [6.45, 7) is 6.22. The van der Waals surface area contributed by atoms with Crippen LogP contribution in [0.3, 0.4) is 0 Å². The van der Waals surface area contributed by atoms with E-state index in [9.17, 15) is 0 Å². The van der Waals surface area contributed by atoms with Gasteiger partial charge in [0.15, 0.2) is 0 Å². The average molecular weight is 250 g/mol. The molecule has 3 aliphatic heterocycles. The van der Waals surface area contributed by atoms with E-state index in [0.717, 1.165) is 30.1 Å². The van der Waals surface area contributed by atoms with Crippen LogP contribution >= 0.6 is 0 Å². The first kappa shape index (κ1) is 12.9. The fourth-order valence-corrected chi connectivity index (χ4v) is 4.66. The Labute approximate surface area is 113 Å². The molecule has 0 aromatic rings. The number of nitrogens with one attached hydrogen (secondary N) is 1. The predicted octanol–water partition coefficient (Wildman–Crippen LogP) is 3.17. The third-order valence-electron chi connectivity index (χ3n) is 5.74. The predicted molar refractivity (Wildman–Crippen MR) is 76.8 cm³/mol. The molecule has 0 radical (unpaired) electrons. The van der Waals surface area contributed by atoms with Gasteiger partial charge in [0, 0.05) is 24.2 Å². The maximum absolute atomic E-state index is 3.76. The molecule has 4 unspecified atom stereocenters. The minimum absolute atomic E-state index is 0.826. The lowest BCUT2D eigenvalue weighted by atomic mass is 9.88. The van der Waals surface area contributed by atoms with Crippen LogP contribution in [0, 0.1) is 5.92 Å². The minimum Gasteiger partial charge on any atom is -0.311 e. The molecule has 0 saturated carbocycles. The van der Waals surface area contributed by atoms with Crippen molar-refractivity contribution in [2.75, 3.05) is 6.54 Å². The number of piperidine rings is 2. The van der Waals surface area contributed by atoms with Crippen LogP contribution < -0.4 is 5.32 Å². The Hall–Kier alpha value is -0.0800. The summed E-state index contributed by atoms with van der Waals surface area (Å²) >= 11 is 0. The first-order chi connectivity index (χ1) is 8.72. The minimum atomic E-state index is 0.826. The third kappa shape index (κ3) is 2.75. The van der Waals surface area contributed by atoms with Gasteiger partial charge in [-0.1, -0.05) is 6.42 Å². The Bertz CT molecular complexity index is 256. The molecule has 104 valence electrons. The summed E-state index contributed by atoms with van der Waals surface area (Å²) in [4.78, 5) is 2.79. The molecular weight excluding hydrogens is 220 g/mol. The van der Waals surface area contributed by atoms with E-state index in [1.165, 1.54) is 57.9 Å². The SMILES string of the molecule is CC1CCCC(C)N1CCC1CC2CCC(C1)N2. The number of fused-ring (bicyclic) bond motifs is 2. The highest BCUT2D eigenvalue weighted by Crippen LogP contribution is 2.33. The maximum atomic E-state index is 3.76. The lowest BCUT2D eigenvalue weighted by molar-refractivity contribution is 0.0914. The van der Waals surface area contributed by atoms with Gasteiger partial charge >= 0.3 is 0 Å². The van der Waals surface area contributed by atoms with E-state index in [1.54, 1.807) is 0 Å². The number of nitrogens with zero attached hydrogens (tertiary/aromatic N) is 1. The van der Waals surface area contributed by atoms with Crippen LogP contribution in [-0.2, 0) is 0 Å². The van der Waals surface area contributed by atoms with Crippen LogP contribution in [-0.4, -0.2) is 35.6 Å². The molecule has 0 aromatic heterocycles. The van der Waals surface area contributed by atoms with Crippen LogP contribution in [0.5, 0.6) is 0 Å². The molecule has 3 aliphatic rings. The monoisotopic (exact) mass is 250 g/mol. The Morgan fingerprint density at radius 1 is 0.944 bits per heavy atom. The molecule has 0 aliphatic carbocycles. The van der Waals surface area contributed by atoms with Crippen molar-refractivity contribution in [1.29, 1.82) is 0 Å². The van der Waals surface area contributed by atoms with Gasteiger partial charge in [0.1, 0.15) is 0 Å². The summed E-state index contributed by atoms with van der Waals surface area (Å²) in [6.07, 6.45) is 11.5. The van der Waals surface area contributed by atoms with Crippen molar-refractivity contribution in [2.24, 2.45) is 5.92 Å². The van der Waals surface area contributed by atoms with Crippen LogP contribution in [0.2, 0.25) is 0 Å². The Morgan fingerprint density at radius 3 is 2.17 bits per heavy atom. The standard InChI is InChI=1S/C16H30N2/c1-12-4-3-5-13(2)18(12)9-8-14-10-15-6-7-16(11-14)17-15/h12-17H,3-11H2,1-2H3. The molecule has 2 nitrogen and oxygen atoms in total. The highest BCUT2D eigenvalue weighted by molar-refractivity contribution is 4.92. The number of rotatable bonds is 3. The molecule has 18 heavy (non-hydrogen) atoms. The second-order valence-electron chi connectivity index (χ2n) is 7.13. The van der Waals surface area contributed by atoms with E-state index in [-0.39, 0.29) is 0 Å². The van der Waals surface area contributed by atoms with E-state index in [4.69, 9.17) is 0 Å². The highest BCUT2D eigenvalue weighted by atomic mass is 15.2. The highest BCUT2D eigenvalue weighted by Gasteiger charge is 2.34. The zero-order valence-corrected chi connectivity index (χ0v) is 12.2. The molecule has 0 spiro atoms. The van der Waals surface area contributed by atoms with Gasteiger partial charge in [-0.2, -0.15) is 0 Å². The Balaban J connectivity index is 1.48. The van der Waals surface area contributed by atoms with Gasteiger partial charge in [-0.25, -0.2) is 0 Å². The summed E-state index contributed by atoms with van der Waals surface area (Å²) < 4.78 is 0. The van der Waals surface area contributed by atoms with Crippen LogP contribution in [0.25, 0.3) is 0 Å². The lowest BCUT2D eigenvalue weighted by Crippen LogP contribution is -2.45. The largest absolute Gasteiger partial charge is 0.311 e. The molecule has 3 heterocycles. The van der Waals surface area contributed by atoms with Crippen molar-refractivity contribution in [3.05, 3.63) is 0 Å². The molecule has 1 N–H and O–H groups in total. The van der Waals surface area contributed by atoms with Crippen molar-refractivity contribution >= 4 is 0 Å². The summed E-state index contributed by atoms with van der Waals surface area (Å²) in [6, 6.07) is 3.38. The number of hydrogen-bond donors (Lipinski definition) is 1. The summed E-state index contributed by atoms with van der Waals surface area (Å²) in [5, 5.41) is 3.76. The molecule has 2 bridgehead atoms. The first-order valence-electron chi connectivity index (χ1n) is 8.24. The van der Waals surface area contributed by atoms with Crippen molar-refractivity contribution in [1.82, 2.24) is 10.2 Å². The molecule has 3 fully saturated rings. The topological polar surface area (TPSA) is 15.3 Å². The van der Waals surface area contributed by atoms with Crippen molar-refractivity contribution < 1.29 is 0 Å². The number of hydrogen-bond acceptors (Lipinski definition) is 2. The fourth-order valence-electron chi connectivity index (χ4n) is 4.66. The molecule has 2 heteroatoms. The van der Waals surface area contributed by atoms with E-state index in [0.29, 0.717) is 0 Å².